The van der Waals surface area contributed by atoms with E-state index in [0.29, 0.717) is 19.6 Å². The monoisotopic (exact) mass is 506 g/mol. The van der Waals surface area contributed by atoms with Gasteiger partial charge in [0.05, 0.1) is 24.2 Å². The summed E-state index contributed by atoms with van der Waals surface area (Å²) < 4.78 is 35.5. The molecule has 0 saturated heterocycles. The molecular formula is C28H58O5S. The molecule has 0 aromatic carbocycles. The van der Waals surface area contributed by atoms with Gasteiger partial charge in [-0.05, 0) is 19.3 Å². The second-order valence-electron chi connectivity index (χ2n) is 9.99. The maximum absolute atomic E-state index is 12.2. The standard InChI is InChI=1S/C28H58O5S/c1-3-4-5-6-7-8-9-10-11-12-13-14-15-16-18-21-24-33-26-28(32-2)27-34(30,31)25-22-19-17-20-23-29/h28-29H,3-27H2,1-2H3. The summed E-state index contributed by atoms with van der Waals surface area (Å²) in [5, 5.41) is 8.77. The van der Waals surface area contributed by atoms with Gasteiger partial charge in [0.2, 0.25) is 0 Å². The summed E-state index contributed by atoms with van der Waals surface area (Å²) in [6, 6.07) is 0. The second kappa shape index (κ2) is 25.9. The first-order chi connectivity index (χ1) is 16.6. The highest BCUT2D eigenvalue weighted by molar-refractivity contribution is 7.91. The number of unbranched alkanes of at least 4 members (excludes halogenated alkanes) is 18. The zero-order valence-corrected chi connectivity index (χ0v) is 23.6. The Morgan fingerprint density at radius 1 is 0.647 bits per heavy atom. The fourth-order valence-corrected chi connectivity index (χ4v) is 5.91. The smallest absolute Gasteiger partial charge is 0.152 e. The summed E-state index contributed by atoms with van der Waals surface area (Å²) in [6.07, 6.45) is 24.3. The van der Waals surface area contributed by atoms with E-state index in [9.17, 15) is 8.42 Å². The van der Waals surface area contributed by atoms with Crippen molar-refractivity contribution in [2.45, 2.75) is 141 Å². The highest BCUT2D eigenvalue weighted by Gasteiger charge is 2.19. The summed E-state index contributed by atoms with van der Waals surface area (Å²) >= 11 is 0. The largest absolute Gasteiger partial charge is 0.396 e. The summed E-state index contributed by atoms with van der Waals surface area (Å²) in [4.78, 5) is 0. The Balaban J connectivity index is 3.45. The number of aliphatic hydroxyl groups is 1. The van der Waals surface area contributed by atoms with Gasteiger partial charge in [-0.2, -0.15) is 0 Å². The fourth-order valence-electron chi connectivity index (χ4n) is 4.31. The molecular weight excluding hydrogens is 448 g/mol. The lowest BCUT2D eigenvalue weighted by molar-refractivity contribution is 0.0190. The second-order valence-corrected chi connectivity index (χ2v) is 12.2. The molecule has 5 nitrogen and oxygen atoms in total. The molecule has 0 amide bonds. The lowest BCUT2D eigenvalue weighted by Gasteiger charge is -2.16. The van der Waals surface area contributed by atoms with Crippen molar-refractivity contribution in [2.75, 3.05) is 38.4 Å². The van der Waals surface area contributed by atoms with Crippen LogP contribution in [0.1, 0.15) is 135 Å². The molecule has 0 radical (unpaired) electrons. The van der Waals surface area contributed by atoms with Crippen LogP contribution in [-0.2, 0) is 19.3 Å². The molecule has 0 aliphatic heterocycles. The van der Waals surface area contributed by atoms with Gasteiger partial charge in [0.25, 0.3) is 0 Å². The Morgan fingerprint density at radius 3 is 1.56 bits per heavy atom. The first kappa shape index (κ1) is 33.8. The van der Waals surface area contributed by atoms with Gasteiger partial charge in [0.15, 0.2) is 9.84 Å². The van der Waals surface area contributed by atoms with Gasteiger partial charge in [-0.15, -0.1) is 0 Å². The molecule has 0 bridgehead atoms. The Labute approximate surface area is 212 Å². The highest BCUT2D eigenvalue weighted by Crippen LogP contribution is 2.14. The van der Waals surface area contributed by atoms with Crippen LogP contribution in [0.25, 0.3) is 0 Å². The van der Waals surface area contributed by atoms with Crippen LogP contribution in [0.2, 0.25) is 0 Å². The molecule has 0 spiro atoms. The number of hydrogen-bond acceptors (Lipinski definition) is 5. The van der Waals surface area contributed by atoms with Gasteiger partial charge in [-0.3, -0.25) is 0 Å². The zero-order chi connectivity index (χ0) is 25.2. The molecule has 0 heterocycles. The number of ether oxygens (including phenoxy) is 2. The Morgan fingerprint density at radius 2 is 1.09 bits per heavy atom. The minimum absolute atomic E-state index is 0.0302. The summed E-state index contributed by atoms with van der Waals surface area (Å²) in [5.74, 6) is 0.222. The number of rotatable bonds is 28. The van der Waals surface area contributed by atoms with Crippen LogP contribution in [0.5, 0.6) is 0 Å². The Kier molecular flexibility index (Phi) is 25.8. The SMILES string of the molecule is CCCCCCCCCCCCCCCCCCOCC(CS(=O)(=O)CCCCCCO)OC. The number of hydrogen-bond donors (Lipinski definition) is 1. The molecule has 0 saturated carbocycles. The zero-order valence-electron chi connectivity index (χ0n) is 22.7. The van der Waals surface area contributed by atoms with Crippen molar-refractivity contribution in [2.24, 2.45) is 0 Å². The maximum atomic E-state index is 12.2. The number of aliphatic hydroxyl groups excluding tert-OH is 1. The van der Waals surface area contributed by atoms with Crippen LogP contribution >= 0.6 is 0 Å². The van der Waals surface area contributed by atoms with Crippen molar-refractivity contribution in [3.8, 4) is 0 Å². The van der Waals surface area contributed by atoms with Gasteiger partial charge in [-0.1, -0.05) is 116 Å². The van der Waals surface area contributed by atoms with Crippen molar-refractivity contribution < 1.29 is 23.0 Å². The molecule has 1 atom stereocenters. The van der Waals surface area contributed by atoms with E-state index in [4.69, 9.17) is 14.6 Å². The molecule has 0 rings (SSSR count). The van der Waals surface area contributed by atoms with Crippen LogP contribution in [0, 0.1) is 0 Å². The predicted octanol–water partition coefficient (Wildman–Crippen LogP) is 7.25. The lowest BCUT2D eigenvalue weighted by atomic mass is 10.0. The molecule has 206 valence electrons. The molecule has 1 unspecified atom stereocenters. The molecule has 0 fully saturated rings. The Bertz CT molecular complexity index is 495. The third-order valence-electron chi connectivity index (χ3n) is 6.58. The van der Waals surface area contributed by atoms with Crippen molar-refractivity contribution >= 4 is 9.84 Å². The van der Waals surface area contributed by atoms with Gasteiger partial charge in [-0.25, -0.2) is 8.42 Å². The minimum Gasteiger partial charge on any atom is -0.396 e. The van der Waals surface area contributed by atoms with E-state index < -0.39 is 9.84 Å². The van der Waals surface area contributed by atoms with Crippen molar-refractivity contribution in [3.05, 3.63) is 0 Å². The van der Waals surface area contributed by atoms with Crippen molar-refractivity contribution in [3.63, 3.8) is 0 Å². The summed E-state index contributed by atoms with van der Waals surface area (Å²) in [5.41, 5.74) is 0. The van der Waals surface area contributed by atoms with Gasteiger partial charge >= 0.3 is 0 Å². The minimum atomic E-state index is -3.12. The van der Waals surface area contributed by atoms with E-state index in [1.807, 2.05) is 0 Å². The van der Waals surface area contributed by atoms with Gasteiger partial charge < -0.3 is 14.6 Å². The number of methoxy groups -OCH3 is 1. The van der Waals surface area contributed by atoms with E-state index in [-0.39, 0.29) is 24.2 Å². The van der Waals surface area contributed by atoms with E-state index >= 15 is 0 Å². The molecule has 0 aliphatic carbocycles. The van der Waals surface area contributed by atoms with E-state index in [1.165, 1.54) is 96.3 Å². The van der Waals surface area contributed by atoms with Crippen LogP contribution in [0.4, 0.5) is 0 Å². The average molecular weight is 507 g/mol. The van der Waals surface area contributed by atoms with E-state index in [2.05, 4.69) is 6.92 Å². The highest BCUT2D eigenvalue weighted by atomic mass is 32.2. The van der Waals surface area contributed by atoms with Crippen LogP contribution in [0.15, 0.2) is 0 Å². The number of sulfone groups is 1. The first-order valence-corrected chi connectivity index (χ1v) is 16.3. The average Bonchev–Trinajstić information content (AvgIpc) is 2.82. The van der Waals surface area contributed by atoms with Crippen LogP contribution in [0.3, 0.4) is 0 Å². The Hall–Kier alpha value is -0.170. The van der Waals surface area contributed by atoms with Crippen LogP contribution in [-0.4, -0.2) is 58.1 Å². The summed E-state index contributed by atoms with van der Waals surface area (Å²) in [7, 11) is -1.57. The van der Waals surface area contributed by atoms with E-state index in [0.717, 1.165) is 25.7 Å². The van der Waals surface area contributed by atoms with E-state index in [1.54, 1.807) is 7.11 Å². The molecule has 0 aromatic heterocycles. The lowest BCUT2D eigenvalue weighted by Crippen LogP contribution is -2.29. The normalized spacial score (nSPS) is 12.9. The fraction of sp³-hybridized carbons (Fsp3) is 1.00. The van der Waals surface area contributed by atoms with Gasteiger partial charge in [0, 0.05) is 20.3 Å². The van der Waals surface area contributed by atoms with Crippen molar-refractivity contribution in [1.29, 1.82) is 0 Å². The topological polar surface area (TPSA) is 72.8 Å². The molecule has 1 N–H and O–H groups in total. The molecule has 34 heavy (non-hydrogen) atoms. The third kappa shape index (κ3) is 24.9. The third-order valence-corrected chi connectivity index (χ3v) is 8.37. The molecule has 0 aliphatic rings. The molecule has 0 aromatic rings. The van der Waals surface area contributed by atoms with Gasteiger partial charge in [0.1, 0.15) is 0 Å². The summed E-state index contributed by atoms with van der Waals surface area (Å²) in [6.45, 7) is 3.48. The quantitative estimate of drug-likeness (QED) is 0.113. The molecule has 6 heteroatoms. The maximum Gasteiger partial charge on any atom is 0.152 e. The first-order valence-electron chi connectivity index (χ1n) is 14.5. The predicted molar refractivity (Wildman–Crippen MR) is 145 cm³/mol. The van der Waals surface area contributed by atoms with Crippen LogP contribution < -0.4 is 0 Å². The van der Waals surface area contributed by atoms with Crippen molar-refractivity contribution in [1.82, 2.24) is 0 Å².